The first-order chi connectivity index (χ1) is 18.5. The highest BCUT2D eigenvalue weighted by molar-refractivity contribution is 6.58. The van der Waals surface area contributed by atoms with Gasteiger partial charge in [-0.1, -0.05) is 17.7 Å². The predicted molar refractivity (Wildman–Crippen MR) is 139 cm³/mol. The third-order valence-electron chi connectivity index (χ3n) is 8.65. The number of fused-ring (bicyclic) bond motifs is 4. The number of hydrogen-bond acceptors (Lipinski definition) is 6. The van der Waals surface area contributed by atoms with Crippen molar-refractivity contribution in [2.24, 2.45) is 17.8 Å². The molecule has 4 amide bonds. The van der Waals surface area contributed by atoms with Gasteiger partial charge < -0.3 is 9.84 Å². The number of carbonyl (C=O) groups is 4. The molecule has 0 radical (unpaired) electrons. The molecule has 4 aliphatic rings. The number of allylic oxidation sites excluding steroid dienone is 2. The molecule has 2 aliphatic heterocycles. The first-order valence-electron chi connectivity index (χ1n) is 12.4. The van der Waals surface area contributed by atoms with Gasteiger partial charge in [0.25, 0.3) is 11.8 Å². The monoisotopic (exact) mass is 572 g/mol. The summed E-state index contributed by atoms with van der Waals surface area (Å²) in [5.74, 6) is -6.00. The Morgan fingerprint density at radius 2 is 1.69 bits per heavy atom. The summed E-state index contributed by atoms with van der Waals surface area (Å²) in [7, 11) is 2.81. The van der Waals surface area contributed by atoms with Crippen LogP contribution in [0.5, 0.6) is 11.5 Å². The number of nitrogens with zero attached hydrogens (tertiary/aromatic N) is 2. The smallest absolute Gasteiger partial charge is 0.258 e. The second-order valence-corrected chi connectivity index (χ2v) is 11.7. The number of rotatable bonds is 3. The van der Waals surface area contributed by atoms with Gasteiger partial charge in [-0.05, 0) is 60.7 Å². The average Bonchev–Trinajstić information content (AvgIpc) is 3.22. The average molecular weight is 573 g/mol. The second-order valence-electron chi connectivity index (χ2n) is 10.4. The van der Waals surface area contributed by atoms with Gasteiger partial charge in [0.1, 0.15) is 5.82 Å². The van der Waals surface area contributed by atoms with E-state index in [-0.39, 0.29) is 41.8 Å². The molecule has 6 rings (SSSR count). The number of amides is 4. The molecule has 11 heteroatoms. The minimum Gasteiger partial charge on any atom is -0.504 e. The zero-order valence-corrected chi connectivity index (χ0v) is 22.4. The van der Waals surface area contributed by atoms with Gasteiger partial charge in [0, 0.05) is 13.0 Å². The number of phenolic OH excluding ortho intramolecular Hbond substituents is 1. The van der Waals surface area contributed by atoms with Crippen LogP contribution in [0.25, 0.3) is 0 Å². The van der Waals surface area contributed by atoms with E-state index in [0.717, 1.165) is 21.9 Å². The topological polar surface area (TPSA) is 104 Å². The van der Waals surface area contributed by atoms with Gasteiger partial charge in [0.15, 0.2) is 21.2 Å². The number of imide groups is 2. The van der Waals surface area contributed by atoms with Crippen LogP contribution in [0.1, 0.15) is 24.3 Å². The number of ether oxygens (including phenoxy) is 1. The van der Waals surface area contributed by atoms with E-state index in [0.29, 0.717) is 11.1 Å². The van der Waals surface area contributed by atoms with Crippen molar-refractivity contribution >= 4 is 52.5 Å². The fourth-order valence-corrected chi connectivity index (χ4v) is 7.75. The molecule has 2 saturated heterocycles. The van der Waals surface area contributed by atoms with Crippen molar-refractivity contribution < 1.29 is 33.4 Å². The molecule has 0 bridgehead atoms. The quantitative estimate of drug-likeness (QED) is 0.341. The lowest BCUT2D eigenvalue weighted by molar-refractivity contribution is -0.138. The van der Waals surface area contributed by atoms with E-state index >= 15 is 0 Å². The second kappa shape index (κ2) is 8.53. The zero-order valence-electron chi connectivity index (χ0n) is 20.9. The zero-order chi connectivity index (χ0) is 28.0. The molecular weight excluding hydrogens is 550 g/mol. The van der Waals surface area contributed by atoms with E-state index in [4.69, 9.17) is 27.9 Å². The molecule has 0 aromatic heterocycles. The number of halogens is 3. The van der Waals surface area contributed by atoms with E-state index in [9.17, 15) is 28.7 Å². The summed E-state index contributed by atoms with van der Waals surface area (Å²) in [5, 5.41) is 10.6. The van der Waals surface area contributed by atoms with Crippen LogP contribution in [0.4, 0.5) is 10.1 Å². The molecule has 1 saturated carbocycles. The van der Waals surface area contributed by atoms with Crippen LogP contribution in [0, 0.1) is 23.6 Å². The van der Waals surface area contributed by atoms with Crippen molar-refractivity contribution in [2.45, 2.75) is 28.5 Å². The molecule has 202 valence electrons. The van der Waals surface area contributed by atoms with Gasteiger partial charge in [0.05, 0.1) is 24.6 Å². The maximum atomic E-state index is 14.2. The Labute approximate surface area is 232 Å². The molecule has 39 heavy (non-hydrogen) atoms. The van der Waals surface area contributed by atoms with Crippen LogP contribution in [0.2, 0.25) is 0 Å². The van der Waals surface area contributed by atoms with Gasteiger partial charge in [-0.2, -0.15) is 0 Å². The number of anilines is 1. The number of carbonyl (C=O) groups excluding carboxylic acids is 4. The molecule has 2 heterocycles. The van der Waals surface area contributed by atoms with Crippen molar-refractivity contribution in [1.82, 2.24) is 4.90 Å². The van der Waals surface area contributed by atoms with E-state index in [2.05, 4.69) is 0 Å². The highest BCUT2D eigenvalue weighted by Gasteiger charge is 2.76. The first kappa shape index (κ1) is 25.8. The van der Waals surface area contributed by atoms with Crippen molar-refractivity contribution in [3.05, 3.63) is 65.5 Å². The number of benzene rings is 2. The largest absolute Gasteiger partial charge is 0.504 e. The summed E-state index contributed by atoms with van der Waals surface area (Å²) in [6.07, 6.45) is 1.88. The predicted octanol–water partition coefficient (Wildman–Crippen LogP) is 3.73. The van der Waals surface area contributed by atoms with Crippen LogP contribution in [0.15, 0.2) is 54.1 Å². The fraction of sp³-hybridized carbons (Fsp3) is 0.357. The SMILES string of the molecule is COc1ccc([C@H]2C3=CC[C@@H]4C(=O)N(C)C(=O)[C@@H]4[C@@H]3C[C@@]3(Cl)C(=O)N(c4ccc(F)cc4)C(=O)[C@@]23Cl)cc1O. The lowest BCUT2D eigenvalue weighted by Gasteiger charge is -2.50. The minimum absolute atomic E-state index is 0.0962. The van der Waals surface area contributed by atoms with Crippen LogP contribution in [0.3, 0.4) is 0 Å². The maximum Gasteiger partial charge on any atom is 0.258 e. The third-order valence-corrected chi connectivity index (χ3v) is 10.1. The van der Waals surface area contributed by atoms with E-state index in [1.807, 2.05) is 0 Å². The molecule has 2 aliphatic carbocycles. The number of phenols is 1. The van der Waals surface area contributed by atoms with E-state index in [1.54, 1.807) is 12.1 Å². The number of likely N-dealkylation sites (tertiary alicyclic amines) is 1. The molecule has 6 atom stereocenters. The Morgan fingerprint density at radius 3 is 2.33 bits per heavy atom. The number of aromatic hydroxyl groups is 1. The summed E-state index contributed by atoms with van der Waals surface area (Å²) in [6.45, 7) is 0. The number of alkyl halides is 2. The highest BCUT2D eigenvalue weighted by Crippen LogP contribution is 2.66. The summed E-state index contributed by atoms with van der Waals surface area (Å²) in [6, 6.07) is 9.32. The highest BCUT2D eigenvalue weighted by atomic mass is 35.5. The van der Waals surface area contributed by atoms with Crippen LogP contribution >= 0.6 is 23.2 Å². The maximum absolute atomic E-state index is 14.2. The molecule has 0 spiro atoms. The number of hydrogen-bond donors (Lipinski definition) is 1. The standard InChI is InChI=1S/C28H23Cl2FN2O6/c1-32-23(35)17-9-8-16-18(21(17)24(32)36)12-27(29)25(37)33(15-6-4-14(31)5-7-15)26(38)28(27,30)22(16)13-3-10-20(39-2)19(34)11-13/h3-8,10-11,17-18,21-22,34H,9,12H2,1-2H3/t17-,18+,21-,22-,27+,28-/m0/s1. The van der Waals surface area contributed by atoms with Crippen molar-refractivity contribution in [3.63, 3.8) is 0 Å². The summed E-state index contributed by atoms with van der Waals surface area (Å²) in [4.78, 5) is 52.2. The molecule has 2 aromatic carbocycles. The third kappa shape index (κ3) is 3.23. The lowest BCUT2D eigenvalue weighted by Crippen LogP contribution is -2.60. The Hall–Kier alpha value is -3.43. The summed E-state index contributed by atoms with van der Waals surface area (Å²) in [5.41, 5.74) is 1.08. The first-order valence-corrected chi connectivity index (χ1v) is 13.1. The Balaban J connectivity index is 1.58. The Bertz CT molecular complexity index is 1500. The molecule has 1 N–H and O–H groups in total. The Kier molecular flexibility index (Phi) is 5.65. The van der Waals surface area contributed by atoms with Crippen molar-refractivity contribution in [1.29, 1.82) is 0 Å². The molecule has 2 aromatic rings. The summed E-state index contributed by atoms with van der Waals surface area (Å²) < 4.78 is 18.8. The van der Waals surface area contributed by atoms with Crippen LogP contribution in [-0.4, -0.2) is 57.5 Å². The number of methoxy groups -OCH3 is 1. The molecule has 3 fully saturated rings. The lowest BCUT2D eigenvalue weighted by atomic mass is 9.56. The van der Waals surface area contributed by atoms with Crippen LogP contribution < -0.4 is 9.64 Å². The van der Waals surface area contributed by atoms with E-state index in [1.165, 1.54) is 38.4 Å². The molecule has 8 nitrogen and oxygen atoms in total. The molecule has 0 unspecified atom stereocenters. The summed E-state index contributed by atoms with van der Waals surface area (Å²) >= 11 is 14.5. The van der Waals surface area contributed by atoms with E-state index < -0.39 is 51.1 Å². The van der Waals surface area contributed by atoms with Gasteiger partial charge in [-0.15, -0.1) is 23.2 Å². The fourth-order valence-electron chi connectivity index (χ4n) is 6.82. The normalized spacial score (nSPS) is 33.6. The van der Waals surface area contributed by atoms with Gasteiger partial charge in [0.2, 0.25) is 11.8 Å². The molecular formula is C28H23Cl2FN2O6. The van der Waals surface area contributed by atoms with Gasteiger partial charge >= 0.3 is 0 Å². The van der Waals surface area contributed by atoms with Gasteiger partial charge in [-0.3, -0.25) is 24.1 Å². The van der Waals surface area contributed by atoms with Crippen molar-refractivity contribution in [2.75, 3.05) is 19.1 Å². The van der Waals surface area contributed by atoms with Crippen LogP contribution in [-0.2, 0) is 19.2 Å². The van der Waals surface area contributed by atoms with Gasteiger partial charge in [-0.25, -0.2) is 9.29 Å². The van der Waals surface area contributed by atoms with Crippen molar-refractivity contribution in [3.8, 4) is 11.5 Å². The Morgan fingerprint density at radius 1 is 1.00 bits per heavy atom. The minimum atomic E-state index is -2.06.